The van der Waals surface area contributed by atoms with Gasteiger partial charge in [-0.2, -0.15) is 0 Å². The number of anilines is 1. The maximum absolute atomic E-state index is 12.1. The van der Waals surface area contributed by atoms with Gasteiger partial charge in [0, 0.05) is 24.9 Å². The number of hydrogen-bond acceptors (Lipinski definition) is 6. The van der Waals surface area contributed by atoms with Gasteiger partial charge in [-0.25, -0.2) is 9.78 Å². The number of ether oxygens (including phenoxy) is 2. The molecule has 138 valence electrons. The molecule has 0 aliphatic carbocycles. The number of benzene rings is 1. The Morgan fingerprint density at radius 1 is 1.23 bits per heavy atom. The molecule has 1 amide bonds. The molecule has 1 aromatic heterocycles. The molecule has 0 saturated heterocycles. The van der Waals surface area contributed by atoms with Gasteiger partial charge in [-0.1, -0.05) is 0 Å². The predicted octanol–water partition coefficient (Wildman–Crippen LogP) is 4.46. The van der Waals surface area contributed by atoms with Crippen molar-refractivity contribution in [3.63, 3.8) is 0 Å². The Hall–Kier alpha value is -3.16. The molecular formula is C18H21N3O5. The van der Waals surface area contributed by atoms with Crippen molar-refractivity contribution < 1.29 is 19.2 Å². The first-order valence-electron chi connectivity index (χ1n) is 7.92. The molecule has 2 rings (SSSR count). The number of nitro groups is 1. The van der Waals surface area contributed by atoms with Crippen LogP contribution in [0.2, 0.25) is 0 Å². The number of hydrogen-bond donors (Lipinski definition) is 0. The molecule has 8 nitrogen and oxygen atoms in total. The van der Waals surface area contributed by atoms with Crippen molar-refractivity contribution in [3.8, 4) is 11.6 Å². The maximum Gasteiger partial charge on any atom is 0.414 e. The molecule has 0 aliphatic rings. The summed E-state index contributed by atoms with van der Waals surface area (Å²) in [6.45, 7) is 7.24. The third-order valence-corrected chi connectivity index (χ3v) is 3.36. The van der Waals surface area contributed by atoms with Crippen molar-refractivity contribution >= 4 is 17.5 Å². The van der Waals surface area contributed by atoms with Crippen LogP contribution < -0.4 is 9.64 Å². The highest BCUT2D eigenvalue weighted by molar-refractivity contribution is 5.87. The summed E-state index contributed by atoms with van der Waals surface area (Å²) in [6, 6.07) is 7.96. The minimum atomic E-state index is -0.578. The Bertz CT molecular complexity index is 813. The van der Waals surface area contributed by atoms with Gasteiger partial charge in [0.25, 0.3) is 5.69 Å². The largest absolute Gasteiger partial charge is 0.443 e. The number of carbonyl (C=O) groups excluding carboxylic acids is 1. The Morgan fingerprint density at radius 3 is 2.42 bits per heavy atom. The molecular weight excluding hydrogens is 338 g/mol. The summed E-state index contributed by atoms with van der Waals surface area (Å²) in [5.74, 6) is 0.777. The highest BCUT2D eigenvalue weighted by atomic mass is 16.6. The molecule has 0 radical (unpaired) electrons. The van der Waals surface area contributed by atoms with Crippen LogP contribution in [0.3, 0.4) is 0 Å². The van der Waals surface area contributed by atoms with E-state index in [1.54, 1.807) is 46.0 Å². The van der Waals surface area contributed by atoms with Crippen LogP contribution >= 0.6 is 0 Å². The smallest absolute Gasteiger partial charge is 0.414 e. The monoisotopic (exact) mass is 359 g/mol. The van der Waals surface area contributed by atoms with Gasteiger partial charge in [0.1, 0.15) is 17.5 Å². The van der Waals surface area contributed by atoms with Gasteiger partial charge in [0.2, 0.25) is 5.88 Å². The molecule has 0 atom stereocenters. The Morgan fingerprint density at radius 2 is 1.92 bits per heavy atom. The average molecular weight is 359 g/mol. The van der Waals surface area contributed by atoms with E-state index in [4.69, 9.17) is 9.47 Å². The van der Waals surface area contributed by atoms with Crippen LogP contribution in [-0.4, -0.2) is 28.6 Å². The standard InChI is InChI=1S/C18H21N3O5/c1-12-10-13(20(5)17(22)26-18(2,3)4)6-8-15(12)25-16-9-7-14(11-19-16)21(23)24/h6-11H,1-5H3. The average Bonchev–Trinajstić information content (AvgIpc) is 2.55. The van der Waals surface area contributed by atoms with Gasteiger partial charge in [0.15, 0.2) is 0 Å². The highest BCUT2D eigenvalue weighted by Gasteiger charge is 2.21. The number of aromatic nitrogens is 1. The van der Waals surface area contributed by atoms with Crippen molar-refractivity contribution in [1.82, 2.24) is 4.98 Å². The second-order valence-corrected chi connectivity index (χ2v) is 6.70. The van der Waals surface area contributed by atoms with E-state index < -0.39 is 16.6 Å². The zero-order valence-electron chi connectivity index (χ0n) is 15.3. The van der Waals surface area contributed by atoms with E-state index in [9.17, 15) is 14.9 Å². The Balaban J connectivity index is 2.13. The van der Waals surface area contributed by atoms with Gasteiger partial charge in [0.05, 0.1) is 4.92 Å². The summed E-state index contributed by atoms with van der Waals surface area (Å²) in [7, 11) is 1.63. The molecule has 0 saturated carbocycles. The minimum absolute atomic E-state index is 0.108. The molecule has 1 aromatic carbocycles. The lowest BCUT2D eigenvalue weighted by molar-refractivity contribution is -0.385. The lowest BCUT2D eigenvalue weighted by Gasteiger charge is -2.25. The normalized spacial score (nSPS) is 11.0. The molecule has 0 aliphatic heterocycles. The van der Waals surface area contributed by atoms with Gasteiger partial charge < -0.3 is 9.47 Å². The highest BCUT2D eigenvalue weighted by Crippen LogP contribution is 2.28. The molecule has 0 bridgehead atoms. The van der Waals surface area contributed by atoms with Crippen LogP contribution in [-0.2, 0) is 4.74 Å². The molecule has 0 N–H and O–H groups in total. The number of aryl methyl sites for hydroxylation is 1. The minimum Gasteiger partial charge on any atom is -0.443 e. The fourth-order valence-corrected chi connectivity index (χ4v) is 2.05. The van der Waals surface area contributed by atoms with E-state index in [0.29, 0.717) is 11.4 Å². The van der Waals surface area contributed by atoms with E-state index in [-0.39, 0.29) is 11.6 Å². The molecule has 2 aromatic rings. The second kappa shape index (κ2) is 7.38. The van der Waals surface area contributed by atoms with E-state index in [2.05, 4.69) is 4.98 Å². The third kappa shape index (κ3) is 4.92. The lowest BCUT2D eigenvalue weighted by atomic mass is 10.2. The molecule has 0 fully saturated rings. The third-order valence-electron chi connectivity index (χ3n) is 3.36. The molecule has 0 unspecified atom stereocenters. The Labute approximate surface area is 151 Å². The zero-order chi connectivity index (χ0) is 19.5. The van der Waals surface area contributed by atoms with E-state index in [0.717, 1.165) is 11.8 Å². The molecule has 26 heavy (non-hydrogen) atoms. The fraction of sp³-hybridized carbons (Fsp3) is 0.333. The van der Waals surface area contributed by atoms with Crippen molar-refractivity contribution in [1.29, 1.82) is 0 Å². The van der Waals surface area contributed by atoms with Crippen LogP contribution in [0.15, 0.2) is 36.5 Å². The van der Waals surface area contributed by atoms with Gasteiger partial charge >= 0.3 is 6.09 Å². The maximum atomic E-state index is 12.1. The van der Waals surface area contributed by atoms with Crippen LogP contribution in [0, 0.1) is 17.0 Å². The Kier molecular flexibility index (Phi) is 5.44. The number of carbonyl (C=O) groups is 1. The van der Waals surface area contributed by atoms with Crippen LogP contribution in [0.4, 0.5) is 16.2 Å². The van der Waals surface area contributed by atoms with Gasteiger partial charge in [-0.15, -0.1) is 0 Å². The summed E-state index contributed by atoms with van der Waals surface area (Å²) in [6.07, 6.45) is 0.678. The summed E-state index contributed by atoms with van der Waals surface area (Å²) in [5.41, 5.74) is 0.743. The molecule has 1 heterocycles. The van der Waals surface area contributed by atoms with Crippen molar-refractivity contribution in [2.45, 2.75) is 33.3 Å². The number of rotatable bonds is 4. The SMILES string of the molecule is Cc1cc(N(C)C(=O)OC(C)(C)C)ccc1Oc1ccc([N+](=O)[O-])cn1. The first-order valence-corrected chi connectivity index (χ1v) is 7.92. The second-order valence-electron chi connectivity index (χ2n) is 6.70. The van der Waals surface area contributed by atoms with Crippen LogP contribution in [0.5, 0.6) is 11.6 Å². The van der Waals surface area contributed by atoms with E-state index >= 15 is 0 Å². The number of pyridine rings is 1. The predicted molar refractivity (Wildman–Crippen MR) is 96.8 cm³/mol. The first kappa shape index (κ1) is 19.2. The van der Waals surface area contributed by atoms with E-state index in [1.165, 1.54) is 17.0 Å². The topological polar surface area (TPSA) is 94.8 Å². The summed E-state index contributed by atoms with van der Waals surface area (Å²) >= 11 is 0. The van der Waals surface area contributed by atoms with Crippen LogP contribution in [0.25, 0.3) is 0 Å². The summed E-state index contributed by atoms with van der Waals surface area (Å²) in [5, 5.41) is 10.7. The molecule has 8 heteroatoms. The van der Waals surface area contributed by atoms with Gasteiger partial charge in [-0.05, 0) is 51.5 Å². The van der Waals surface area contributed by atoms with Crippen molar-refractivity contribution in [3.05, 3.63) is 52.2 Å². The number of nitrogens with zero attached hydrogens (tertiary/aromatic N) is 3. The summed E-state index contributed by atoms with van der Waals surface area (Å²) in [4.78, 5) is 27.6. The molecule has 0 spiro atoms. The van der Waals surface area contributed by atoms with Crippen molar-refractivity contribution in [2.24, 2.45) is 0 Å². The fourth-order valence-electron chi connectivity index (χ4n) is 2.05. The quantitative estimate of drug-likeness (QED) is 0.591. The first-order chi connectivity index (χ1) is 12.1. The number of amides is 1. The van der Waals surface area contributed by atoms with E-state index in [1.807, 2.05) is 6.92 Å². The van der Waals surface area contributed by atoms with Crippen molar-refractivity contribution in [2.75, 3.05) is 11.9 Å². The lowest BCUT2D eigenvalue weighted by Crippen LogP contribution is -2.34. The van der Waals surface area contributed by atoms with Crippen LogP contribution in [0.1, 0.15) is 26.3 Å². The summed E-state index contributed by atoms with van der Waals surface area (Å²) < 4.78 is 11.0. The van der Waals surface area contributed by atoms with Gasteiger partial charge in [-0.3, -0.25) is 15.0 Å². The zero-order valence-corrected chi connectivity index (χ0v) is 15.3.